The number of aromatic nitrogens is 1. The Morgan fingerprint density at radius 2 is 1.08 bits per heavy atom. The van der Waals surface area contributed by atoms with Gasteiger partial charge in [0.15, 0.2) is 0 Å². The van der Waals surface area contributed by atoms with E-state index in [9.17, 15) is 0 Å². The summed E-state index contributed by atoms with van der Waals surface area (Å²) in [6, 6.07) is 62.9. The first-order chi connectivity index (χ1) is 25.3. The van der Waals surface area contributed by atoms with Crippen molar-refractivity contribution in [2.24, 2.45) is 11.8 Å². The monoisotopic (exact) mass is 654 g/mol. The Morgan fingerprint density at radius 1 is 0.490 bits per heavy atom. The van der Waals surface area contributed by atoms with E-state index in [4.69, 9.17) is 0 Å². The highest BCUT2D eigenvalue weighted by molar-refractivity contribution is 6.09. The molecule has 2 fully saturated rings. The van der Waals surface area contributed by atoms with Gasteiger partial charge < -0.3 is 9.47 Å². The number of benzene rings is 7. The lowest BCUT2D eigenvalue weighted by atomic mass is 9.66. The maximum absolute atomic E-state index is 2.55. The van der Waals surface area contributed by atoms with Crippen LogP contribution >= 0.6 is 0 Å². The Kier molecular flexibility index (Phi) is 6.28. The molecule has 3 aliphatic rings. The molecular weight excluding hydrogens is 617 g/mol. The second-order valence-corrected chi connectivity index (χ2v) is 15.0. The van der Waals surface area contributed by atoms with Crippen molar-refractivity contribution < 1.29 is 0 Å². The molecule has 3 atom stereocenters. The molecule has 3 aliphatic carbocycles. The SMILES string of the molecule is c1ccc(N(c2ccc(-c3ccc4c(c3)C3(CC5CCC3C5)c3ccccc3-4)cc2)c2ccc(-n3c4ccccc4c4ccccc43)cc2)cc1. The fourth-order valence-electron chi connectivity index (χ4n) is 10.3. The molecule has 0 aliphatic heterocycles. The number of anilines is 3. The van der Waals surface area contributed by atoms with Gasteiger partial charge in [-0.15, -0.1) is 0 Å². The van der Waals surface area contributed by atoms with Crippen LogP contribution in [0.4, 0.5) is 17.1 Å². The highest BCUT2D eigenvalue weighted by Crippen LogP contribution is 2.65. The third-order valence-corrected chi connectivity index (χ3v) is 12.5. The van der Waals surface area contributed by atoms with E-state index in [2.05, 4.69) is 179 Å². The van der Waals surface area contributed by atoms with Gasteiger partial charge in [-0.05, 0) is 131 Å². The van der Waals surface area contributed by atoms with Crippen LogP contribution in [0.1, 0.15) is 36.8 Å². The molecule has 0 radical (unpaired) electrons. The normalized spacial score (nSPS) is 19.9. The molecule has 3 unspecified atom stereocenters. The van der Waals surface area contributed by atoms with Crippen LogP contribution in [0.5, 0.6) is 0 Å². The number of hydrogen-bond donors (Lipinski definition) is 0. The molecule has 51 heavy (non-hydrogen) atoms. The van der Waals surface area contributed by atoms with Crippen molar-refractivity contribution in [3.63, 3.8) is 0 Å². The molecule has 244 valence electrons. The molecule has 7 aromatic carbocycles. The number of hydrogen-bond acceptors (Lipinski definition) is 1. The maximum Gasteiger partial charge on any atom is 0.0541 e. The van der Waals surface area contributed by atoms with Crippen molar-refractivity contribution in [2.75, 3.05) is 4.90 Å². The number of rotatable bonds is 5. The van der Waals surface area contributed by atoms with E-state index in [1.54, 1.807) is 11.1 Å². The predicted molar refractivity (Wildman–Crippen MR) is 213 cm³/mol. The zero-order valence-corrected chi connectivity index (χ0v) is 28.5. The third-order valence-electron chi connectivity index (χ3n) is 12.5. The lowest BCUT2D eigenvalue weighted by molar-refractivity contribution is 0.327. The zero-order valence-electron chi connectivity index (χ0n) is 28.5. The van der Waals surface area contributed by atoms with Crippen molar-refractivity contribution in [2.45, 2.75) is 31.1 Å². The van der Waals surface area contributed by atoms with E-state index < -0.39 is 0 Å². The molecule has 8 aromatic rings. The summed E-state index contributed by atoms with van der Waals surface area (Å²) < 4.78 is 2.38. The summed E-state index contributed by atoms with van der Waals surface area (Å²) in [5, 5.41) is 2.56. The molecule has 2 heteroatoms. The van der Waals surface area contributed by atoms with Crippen LogP contribution < -0.4 is 4.90 Å². The van der Waals surface area contributed by atoms with Crippen molar-refractivity contribution in [3.05, 3.63) is 181 Å². The average molecular weight is 655 g/mol. The van der Waals surface area contributed by atoms with Crippen LogP contribution in [0.25, 0.3) is 49.7 Å². The fraction of sp³-hybridized carbons (Fsp3) is 0.143. The first-order valence-corrected chi connectivity index (χ1v) is 18.5. The van der Waals surface area contributed by atoms with Crippen LogP contribution in [0.3, 0.4) is 0 Å². The summed E-state index contributed by atoms with van der Waals surface area (Å²) in [4.78, 5) is 2.36. The zero-order chi connectivity index (χ0) is 33.5. The quantitative estimate of drug-likeness (QED) is 0.179. The van der Waals surface area contributed by atoms with E-state index in [0.717, 1.165) is 34.6 Å². The Hall–Kier alpha value is -5.86. The maximum atomic E-state index is 2.55. The Bertz CT molecular complexity index is 2540. The number of nitrogens with zero attached hydrogens (tertiary/aromatic N) is 2. The predicted octanol–water partition coefficient (Wildman–Crippen LogP) is 13.0. The molecule has 0 saturated heterocycles. The average Bonchev–Trinajstić information content (AvgIpc) is 3.97. The third kappa shape index (κ3) is 4.23. The summed E-state index contributed by atoms with van der Waals surface area (Å²) in [7, 11) is 0. The Labute approximate surface area is 299 Å². The van der Waals surface area contributed by atoms with Crippen molar-refractivity contribution in [3.8, 4) is 27.9 Å². The van der Waals surface area contributed by atoms with E-state index >= 15 is 0 Å². The number of fused-ring (bicyclic) bond motifs is 11. The molecule has 2 nitrogen and oxygen atoms in total. The van der Waals surface area contributed by atoms with Crippen LogP contribution in [-0.2, 0) is 5.41 Å². The van der Waals surface area contributed by atoms with E-state index in [1.807, 2.05) is 0 Å². The molecule has 1 aromatic heterocycles. The van der Waals surface area contributed by atoms with Gasteiger partial charge in [-0.1, -0.05) is 110 Å². The van der Waals surface area contributed by atoms with Gasteiger partial charge in [-0.25, -0.2) is 0 Å². The first-order valence-electron chi connectivity index (χ1n) is 18.5. The van der Waals surface area contributed by atoms with Gasteiger partial charge in [0, 0.05) is 38.9 Å². The standard InChI is InChI=1S/C49H38N2/c1-2-10-37(11-3-1)50(39-25-27-40(28-26-39)51-47-16-8-5-13-43(47)44-14-6-9-17-48(44)51)38-23-19-34(20-24-38)35-21-29-42-41-12-4-7-15-45(41)49(46(42)31-35)32-33-18-22-36(49)30-33/h1-17,19-21,23-29,31,33,36H,18,22,30,32H2. The molecule has 2 saturated carbocycles. The van der Waals surface area contributed by atoms with Gasteiger partial charge in [-0.2, -0.15) is 0 Å². The van der Waals surface area contributed by atoms with Crippen LogP contribution in [0, 0.1) is 11.8 Å². The molecule has 0 amide bonds. The molecule has 0 N–H and O–H groups in total. The van der Waals surface area contributed by atoms with Gasteiger partial charge in [0.1, 0.15) is 0 Å². The van der Waals surface area contributed by atoms with Gasteiger partial charge >= 0.3 is 0 Å². The largest absolute Gasteiger partial charge is 0.311 e. The second kappa shape index (κ2) is 11.1. The lowest BCUT2D eigenvalue weighted by Gasteiger charge is -2.36. The number of para-hydroxylation sites is 3. The fourth-order valence-corrected chi connectivity index (χ4v) is 10.3. The van der Waals surface area contributed by atoms with Gasteiger partial charge in [0.2, 0.25) is 0 Å². The van der Waals surface area contributed by atoms with E-state index in [0.29, 0.717) is 0 Å². The first kappa shape index (κ1) is 28.9. The molecule has 11 rings (SSSR count). The highest BCUT2D eigenvalue weighted by atomic mass is 15.1. The smallest absolute Gasteiger partial charge is 0.0541 e. The van der Waals surface area contributed by atoms with Gasteiger partial charge in [0.25, 0.3) is 0 Å². The Morgan fingerprint density at radius 3 is 1.76 bits per heavy atom. The topological polar surface area (TPSA) is 8.17 Å². The Balaban J connectivity index is 0.969. The van der Waals surface area contributed by atoms with Gasteiger partial charge in [-0.3, -0.25) is 0 Å². The van der Waals surface area contributed by atoms with Crippen LogP contribution in [0.15, 0.2) is 170 Å². The van der Waals surface area contributed by atoms with E-state index in [1.165, 1.54) is 69.7 Å². The summed E-state index contributed by atoms with van der Waals surface area (Å²) >= 11 is 0. The van der Waals surface area contributed by atoms with Gasteiger partial charge in [0.05, 0.1) is 11.0 Å². The summed E-state index contributed by atoms with van der Waals surface area (Å²) in [6.07, 6.45) is 5.48. The lowest BCUT2D eigenvalue weighted by Crippen LogP contribution is -2.31. The molecule has 1 spiro atoms. The minimum atomic E-state index is 0.195. The molecular formula is C49H38N2. The summed E-state index contributed by atoms with van der Waals surface area (Å²) in [6.45, 7) is 0. The summed E-state index contributed by atoms with van der Waals surface area (Å²) in [5.74, 6) is 1.64. The molecule has 2 bridgehead atoms. The van der Waals surface area contributed by atoms with E-state index in [-0.39, 0.29) is 5.41 Å². The second-order valence-electron chi connectivity index (χ2n) is 15.0. The summed E-state index contributed by atoms with van der Waals surface area (Å²) in [5.41, 5.74) is 15.9. The molecule has 1 heterocycles. The minimum Gasteiger partial charge on any atom is -0.311 e. The highest BCUT2D eigenvalue weighted by Gasteiger charge is 2.56. The minimum absolute atomic E-state index is 0.195. The van der Waals surface area contributed by atoms with Crippen molar-refractivity contribution >= 4 is 38.9 Å². The van der Waals surface area contributed by atoms with Crippen molar-refractivity contribution in [1.29, 1.82) is 0 Å². The van der Waals surface area contributed by atoms with Crippen LogP contribution in [0.2, 0.25) is 0 Å². The van der Waals surface area contributed by atoms with Crippen LogP contribution in [-0.4, -0.2) is 4.57 Å². The van der Waals surface area contributed by atoms with Crippen molar-refractivity contribution in [1.82, 2.24) is 4.57 Å².